The monoisotopic (exact) mass is 481 g/mol. The van der Waals surface area contributed by atoms with E-state index in [1.165, 1.54) is 57.8 Å². The second-order valence-corrected chi connectivity index (χ2v) is 9.06. The highest BCUT2D eigenvalue weighted by atomic mass is 32.1. The van der Waals surface area contributed by atoms with Gasteiger partial charge in [0, 0.05) is 12.1 Å². The van der Waals surface area contributed by atoms with Gasteiger partial charge in [-0.05, 0) is 42.9 Å². The number of carbonyl (C=O) groups excluding carboxylic acids is 2. The third-order valence-electron chi connectivity index (χ3n) is 5.71. The SMILES string of the molecule is CCCCCCCCCCCCCC(=O)NC(=S)Nc1ccccc1C(=O)Nc1ccccc1. The maximum Gasteiger partial charge on any atom is 0.257 e. The lowest BCUT2D eigenvalue weighted by molar-refractivity contribution is -0.119. The number of hydrogen-bond acceptors (Lipinski definition) is 3. The Morgan fingerprint density at radius 1 is 0.706 bits per heavy atom. The lowest BCUT2D eigenvalue weighted by Crippen LogP contribution is -2.34. The zero-order valence-electron chi connectivity index (χ0n) is 20.4. The van der Waals surface area contributed by atoms with Crippen LogP contribution in [0.4, 0.5) is 11.4 Å². The molecule has 0 radical (unpaired) electrons. The van der Waals surface area contributed by atoms with Crippen molar-refractivity contribution in [3.05, 3.63) is 60.2 Å². The lowest BCUT2D eigenvalue weighted by atomic mass is 10.1. The lowest BCUT2D eigenvalue weighted by Gasteiger charge is -2.13. The van der Waals surface area contributed by atoms with Crippen LogP contribution in [0.15, 0.2) is 54.6 Å². The molecule has 34 heavy (non-hydrogen) atoms. The van der Waals surface area contributed by atoms with Gasteiger partial charge in [-0.15, -0.1) is 0 Å². The van der Waals surface area contributed by atoms with Crippen molar-refractivity contribution in [2.45, 2.75) is 84.0 Å². The van der Waals surface area contributed by atoms with Crippen molar-refractivity contribution in [3.63, 3.8) is 0 Å². The highest BCUT2D eigenvalue weighted by molar-refractivity contribution is 7.80. The summed E-state index contributed by atoms with van der Waals surface area (Å²) in [7, 11) is 0. The number of para-hydroxylation sites is 2. The first-order valence-electron chi connectivity index (χ1n) is 12.7. The van der Waals surface area contributed by atoms with E-state index in [1.54, 1.807) is 18.2 Å². The Labute approximate surface area is 210 Å². The third kappa shape index (κ3) is 11.4. The van der Waals surface area contributed by atoms with Crippen LogP contribution < -0.4 is 16.0 Å². The van der Waals surface area contributed by atoms with Crippen LogP contribution in [0.3, 0.4) is 0 Å². The molecule has 0 bridgehead atoms. The molecule has 0 fully saturated rings. The molecule has 5 nitrogen and oxygen atoms in total. The zero-order valence-corrected chi connectivity index (χ0v) is 21.2. The summed E-state index contributed by atoms with van der Waals surface area (Å²) in [5, 5.41) is 8.79. The average molecular weight is 482 g/mol. The number of unbranched alkanes of at least 4 members (excludes halogenated alkanes) is 10. The van der Waals surface area contributed by atoms with Crippen molar-refractivity contribution in [2.75, 3.05) is 10.6 Å². The molecule has 0 saturated heterocycles. The highest BCUT2D eigenvalue weighted by Crippen LogP contribution is 2.17. The summed E-state index contributed by atoms with van der Waals surface area (Å²) < 4.78 is 0. The number of nitrogens with one attached hydrogen (secondary N) is 3. The first-order valence-corrected chi connectivity index (χ1v) is 13.1. The van der Waals surface area contributed by atoms with Gasteiger partial charge >= 0.3 is 0 Å². The Morgan fingerprint density at radius 2 is 1.26 bits per heavy atom. The Bertz CT molecular complexity index is 886. The molecular formula is C28H39N3O2S. The van der Waals surface area contributed by atoms with Crippen molar-refractivity contribution < 1.29 is 9.59 Å². The van der Waals surface area contributed by atoms with Gasteiger partial charge in [0.1, 0.15) is 0 Å². The number of thiocarbonyl (C=S) groups is 1. The molecule has 0 aliphatic heterocycles. The summed E-state index contributed by atoms with van der Waals surface area (Å²) in [6.45, 7) is 2.25. The van der Waals surface area contributed by atoms with E-state index in [2.05, 4.69) is 22.9 Å². The second-order valence-electron chi connectivity index (χ2n) is 8.65. The summed E-state index contributed by atoms with van der Waals surface area (Å²) in [5.41, 5.74) is 1.72. The summed E-state index contributed by atoms with van der Waals surface area (Å²) in [4.78, 5) is 24.9. The van der Waals surface area contributed by atoms with E-state index < -0.39 is 0 Å². The van der Waals surface area contributed by atoms with Crippen LogP contribution in [0.5, 0.6) is 0 Å². The van der Waals surface area contributed by atoms with Crippen LogP contribution >= 0.6 is 12.2 Å². The Hall–Kier alpha value is -2.73. The molecule has 0 aliphatic rings. The maximum atomic E-state index is 12.7. The first kappa shape index (κ1) is 27.5. The summed E-state index contributed by atoms with van der Waals surface area (Å²) in [6, 6.07) is 16.4. The molecule has 0 atom stereocenters. The Kier molecular flexibility index (Phi) is 13.6. The van der Waals surface area contributed by atoms with Gasteiger partial charge in [0.05, 0.1) is 11.3 Å². The van der Waals surface area contributed by atoms with Crippen molar-refractivity contribution in [1.29, 1.82) is 0 Å². The molecule has 0 heterocycles. The molecular weight excluding hydrogens is 442 g/mol. The topological polar surface area (TPSA) is 70.2 Å². The molecule has 0 aromatic heterocycles. The minimum atomic E-state index is -0.246. The van der Waals surface area contributed by atoms with Crippen LogP contribution in [0.2, 0.25) is 0 Å². The van der Waals surface area contributed by atoms with E-state index in [0.29, 0.717) is 23.4 Å². The fraction of sp³-hybridized carbons (Fsp3) is 0.464. The van der Waals surface area contributed by atoms with Crippen LogP contribution in [0, 0.1) is 0 Å². The van der Waals surface area contributed by atoms with Crippen molar-refractivity contribution in [3.8, 4) is 0 Å². The number of amides is 2. The molecule has 2 amide bonds. The van der Waals surface area contributed by atoms with E-state index in [0.717, 1.165) is 12.8 Å². The fourth-order valence-electron chi connectivity index (χ4n) is 3.80. The normalized spacial score (nSPS) is 10.5. The van der Waals surface area contributed by atoms with Gasteiger partial charge in [-0.25, -0.2) is 0 Å². The van der Waals surface area contributed by atoms with Crippen LogP contribution in [-0.2, 0) is 4.79 Å². The van der Waals surface area contributed by atoms with E-state index in [4.69, 9.17) is 12.2 Å². The number of anilines is 2. The minimum absolute atomic E-state index is 0.0976. The summed E-state index contributed by atoms with van der Waals surface area (Å²) in [5.74, 6) is -0.343. The number of rotatable bonds is 15. The molecule has 0 unspecified atom stereocenters. The van der Waals surface area contributed by atoms with Crippen molar-refractivity contribution in [1.82, 2.24) is 5.32 Å². The molecule has 0 aliphatic carbocycles. The van der Waals surface area contributed by atoms with Gasteiger partial charge in [-0.2, -0.15) is 0 Å². The smallest absolute Gasteiger partial charge is 0.257 e. The fourth-order valence-corrected chi connectivity index (χ4v) is 4.03. The predicted molar refractivity (Wildman–Crippen MR) is 146 cm³/mol. The van der Waals surface area contributed by atoms with Crippen LogP contribution in [0.1, 0.15) is 94.3 Å². The standard InChI is InChI=1S/C28H39N3O2S/c1-2-3-4-5-6-7-8-9-10-11-15-22-26(32)31-28(34)30-25-21-17-16-20-24(25)27(33)29-23-18-13-12-14-19-23/h12-14,16-21H,2-11,15,22H2,1H3,(H,29,33)(H2,30,31,32,34). The number of benzene rings is 2. The molecule has 2 aromatic carbocycles. The van der Waals surface area contributed by atoms with Crippen molar-refractivity contribution in [2.24, 2.45) is 0 Å². The first-order chi connectivity index (χ1) is 16.6. The summed E-state index contributed by atoms with van der Waals surface area (Å²) in [6.07, 6.45) is 14.2. The highest BCUT2D eigenvalue weighted by Gasteiger charge is 2.13. The summed E-state index contributed by atoms with van der Waals surface area (Å²) >= 11 is 5.30. The van der Waals surface area contributed by atoms with Gasteiger partial charge in [-0.3, -0.25) is 9.59 Å². The second kappa shape index (κ2) is 16.8. The number of carbonyl (C=O) groups is 2. The molecule has 184 valence electrons. The van der Waals surface area contributed by atoms with Gasteiger partial charge < -0.3 is 16.0 Å². The predicted octanol–water partition coefficient (Wildman–Crippen LogP) is 7.45. The zero-order chi connectivity index (χ0) is 24.4. The average Bonchev–Trinajstić information content (AvgIpc) is 2.83. The van der Waals surface area contributed by atoms with Crippen LogP contribution in [0.25, 0.3) is 0 Å². The van der Waals surface area contributed by atoms with Gasteiger partial charge in [0.2, 0.25) is 5.91 Å². The third-order valence-corrected chi connectivity index (χ3v) is 5.92. The maximum absolute atomic E-state index is 12.7. The van der Waals surface area contributed by atoms with E-state index in [-0.39, 0.29) is 16.9 Å². The van der Waals surface area contributed by atoms with E-state index in [9.17, 15) is 9.59 Å². The van der Waals surface area contributed by atoms with Gasteiger partial charge in [0.15, 0.2) is 5.11 Å². The molecule has 3 N–H and O–H groups in total. The quantitative estimate of drug-likeness (QED) is 0.182. The molecule has 6 heteroatoms. The van der Waals surface area contributed by atoms with Crippen LogP contribution in [-0.4, -0.2) is 16.9 Å². The molecule has 0 spiro atoms. The van der Waals surface area contributed by atoms with Gasteiger partial charge in [-0.1, -0.05) is 101 Å². The van der Waals surface area contributed by atoms with E-state index in [1.807, 2.05) is 36.4 Å². The largest absolute Gasteiger partial charge is 0.332 e. The Morgan fingerprint density at radius 3 is 1.91 bits per heavy atom. The van der Waals surface area contributed by atoms with Gasteiger partial charge in [0.25, 0.3) is 5.91 Å². The Balaban J connectivity index is 1.64. The minimum Gasteiger partial charge on any atom is -0.332 e. The van der Waals surface area contributed by atoms with Crippen molar-refractivity contribution >= 4 is 40.5 Å². The molecule has 2 rings (SSSR count). The number of hydrogen-bond donors (Lipinski definition) is 3. The van der Waals surface area contributed by atoms with E-state index >= 15 is 0 Å². The molecule has 0 saturated carbocycles. The molecule has 2 aromatic rings.